The number of hydrogen-bond acceptors (Lipinski definition) is 3. The molecule has 0 saturated heterocycles. The summed E-state index contributed by atoms with van der Waals surface area (Å²) >= 11 is 7.26. The first kappa shape index (κ1) is 13.9. The molecule has 1 N–H and O–H groups in total. The molecule has 0 aliphatic rings. The van der Waals surface area contributed by atoms with E-state index in [4.69, 9.17) is 16.3 Å². The summed E-state index contributed by atoms with van der Waals surface area (Å²) in [6, 6.07) is 16.8. The van der Waals surface area contributed by atoms with Gasteiger partial charge < -0.3 is 4.74 Å². The van der Waals surface area contributed by atoms with E-state index in [0.29, 0.717) is 11.6 Å². The third kappa shape index (κ3) is 3.54. The summed E-state index contributed by atoms with van der Waals surface area (Å²) in [4.78, 5) is 12.1. The maximum atomic E-state index is 11.1. The first-order chi connectivity index (χ1) is 10.2. The van der Waals surface area contributed by atoms with Crippen molar-refractivity contribution in [2.75, 3.05) is 0 Å². The number of rotatable bonds is 4. The molecule has 3 aromatic rings. The minimum absolute atomic E-state index is 0.0729. The molecule has 3 nitrogen and oxygen atoms in total. The Balaban J connectivity index is 1.68. The van der Waals surface area contributed by atoms with Crippen LogP contribution in [0.1, 0.15) is 5.56 Å². The summed E-state index contributed by atoms with van der Waals surface area (Å²) < 4.78 is 8.39. The average molecular weight is 318 g/mol. The first-order valence-electron chi connectivity index (χ1n) is 6.37. The molecule has 0 bridgehead atoms. The van der Waals surface area contributed by atoms with E-state index >= 15 is 0 Å². The van der Waals surface area contributed by atoms with Crippen LogP contribution < -0.4 is 10.3 Å². The number of ether oxygens (including phenoxy) is 1. The van der Waals surface area contributed by atoms with Gasteiger partial charge >= 0.3 is 0 Å². The number of nitrogens with one attached hydrogen (secondary N) is 1. The minimum atomic E-state index is -0.0729. The van der Waals surface area contributed by atoms with Crippen molar-refractivity contribution in [1.82, 2.24) is 4.37 Å². The third-order valence-electron chi connectivity index (χ3n) is 2.96. The van der Waals surface area contributed by atoms with Crippen molar-refractivity contribution in [1.29, 1.82) is 0 Å². The van der Waals surface area contributed by atoms with Gasteiger partial charge in [0.1, 0.15) is 12.4 Å². The first-order valence-corrected chi connectivity index (χ1v) is 7.56. The van der Waals surface area contributed by atoms with Crippen LogP contribution in [0.25, 0.3) is 10.4 Å². The summed E-state index contributed by atoms with van der Waals surface area (Å²) in [6.07, 6.45) is 0. The summed E-state index contributed by atoms with van der Waals surface area (Å²) in [5, 5.41) is 0.703. The van der Waals surface area contributed by atoms with E-state index in [9.17, 15) is 4.79 Å². The molecule has 0 fully saturated rings. The van der Waals surface area contributed by atoms with Crippen molar-refractivity contribution < 1.29 is 4.74 Å². The zero-order valence-electron chi connectivity index (χ0n) is 11.0. The molecule has 0 radical (unpaired) electrons. The molecule has 2 aromatic carbocycles. The lowest BCUT2D eigenvalue weighted by atomic mass is 10.2. The van der Waals surface area contributed by atoms with Crippen molar-refractivity contribution in [3.8, 4) is 16.2 Å². The fourth-order valence-electron chi connectivity index (χ4n) is 1.93. The van der Waals surface area contributed by atoms with Crippen LogP contribution >= 0.6 is 23.1 Å². The molecule has 3 rings (SSSR count). The minimum Gasteiger partial charge on any atom is -0.489 e. The fourth-order valence-corrected chi connectivity index (χ4v) is 2.84. The molecule has 0 atom stereocenters. The second kappa shape index (κ2) is 6.16. The molecule has 1 aromatic heterocycles. The van der Waals surface area contributed by atoms with Crippen molar-refractivity contribution >= 4 is 23.1 Å². The van der Waals surface area contributed by atoms with Gasteiger partial charge in [-0.3, -0.25) is 9.17 Å². The van der Waals surface area contributed by atoms with Crippen LogP contribution in [0.2, 0.25) is 5.02 Å². The molecule has 0 unspecified atom stereocenters. The summed E-state index contributed by atoms with van der Waals surface area (Å²) in [7, 11) is 0. The van der Waals surface area contributed by atoms with Gasteiger partial charge in [-0.2, -0.15) is 0 Å². The van der Waals surface area contributed by atoms with Crippen molar-refractivity contribution in [3.05, 3.63) is 75.5 Å². The number of benzene rings is 2. The molecule has 0 aliphatic heterocycles. The molecule has 0 amide bonds. The Labute approximate surface area is 130 Å². The van der Waals surface area contributed by atoms with E-state index < -0.39 is 0 Å². The molecule has 0 spiro atoms. The Morgan fingerprint density at radius 1 is 1.10 bits per heavy atom. The SMILES string of the molecule is O=c1cc(-c2ccc(OCc3cccc(Cl)c3)cc2)s[nH]1. The van der Waals surface area contributed by atoms with Gasteiger partial charge in [-0.15, -0.1) is 0 Å². The smallest absolute Gasteiger partial charge is 0.258 e. The van der Waals surface area contributed by atoms with Crippen molar-refractivity contribution in [3.63, 3.8) is 0 Å². The predicted octanol–water partition coefficient (Wildman–Crippen LogP) is 4.34. The Morgan fingerprint density at radius 2 is 1.90 bits per heavy atom. The molecule has 5 heteroatoms. The number of aromatic nitrogens is 1. The van der Waals surface area contributed by atoms with Gasteiger partial charge in [0.15, 0.2) is 0 Å². The highest BCUT2D eigenvalue weighted by molar-refractivity contribution is 7.09. The lowest BCUT2D eigenvalue weighted by molar-refractivity contribution is 0.306. The maximum Gasteiger partial charge on any atom is 0.258 e. The van der Waals surface area contributed by atoms with Crippen molar-refractivity contribution in [2.45, 2.75) is 6.61 Å². The van der Waals surface area contributed by atoms with Gasteiger partial charge in [0.25, 0.3) is 5.56 Å². The van der Waals surface area contributed by atoms with Crippen LogP contribution in [-0.2, 0) is 6.61 Å². The average Bonchev–Trinajstić information content (AvgIpc) is 2.92. The third-order valence-corrected chi connectivity index (χ3v) is 4.07. The summed E-state index contributed by atoms with van der Waals surface area (Å²) in [5.41, 5.74) is 1.94. The molecule has 21 heavy (non-hydrogen) atoms. The van der Waals surface area contributed by atoms with Crippen LogP contribution in [0.15, 0.2) is 59.4 Å². The van der Waals surface area contributed by atoms with Gasteiger partial charge in [-0.25, -0.2) is 0 Å². The number of hydrogen-bond donors (Lipinski definition) is 1. The highest BCUT2D eigenvalue weighted by Gasteiger charge is 2.02. The van der Waals surface area contributed by atoms with E-state index in [1.165, 1.54) is 11.5 Å². The molecule has 0 saturated carbocycles. The second-order valence-corrected chi connectivity index (χ2v) is 5.80. The van der Waals surface area contributed by atoms with E-state index in [1.807, 2.05) is 48.5 Å². The highest BCUT2D eigenvalue weighted by Crippen LogP contribution is 2.24. The molecular formula is C16H12ClNO2S. The van der Waals surface area contributed by atoms with Crippen LogP contribution in [-0.4, -0.2) is 4.37 Å². The number of H-pyrrole nitrogens is 1. The topological polar surface area (TPSA) is 42.1 Å². The quantitative estimate of drug-likeness (QED) is 0.778. The monoisotopic (exact) mass is 317 g/mol. The van der Waals surface area contributed by atoms with E-state index in [-0.39, 0.29) is 5.56 Å². The van der Waals surface area contributed by atoms with Gasteiger partial charge in [0.2, 0.25) is 0 Å². The maximum absolute atomic E-state index is 11.1. The molecule has 106 valence electrons. The van der Waals surface area contributed by atoms with Gasteiger partial charge in [0.05, 0.1) is 4.88 Å². The zero-order valence-corrected chi connectivity index (χ0v) is 12.6. The van der Waals surface area contributed by atoms with E-state index in [2.05, 4.69) is 4.37 Å². The normalized spacial score (nSPS) is 10.5. The Morgan fingerprint density at radius 3 is 2.57 bits per heavy atom. The van der Waals surface area contributed by atoms with Gasteiger partial charge in [0, 0.05) is 11.1 Å². The van der Waals surface area contributed by atoms with Crippen LogP contribution in [0.3, 0.4) is 0 Å². The number of halogens is 1. The standard InChI is InChI=1S/C16H12ClNO2S/c17-13-3-1-2-11(8-13)10-20-14-6-4-12(5-7-14)15-9-16(19)18-21-15/h1-9H,10H2,(H,18,19). The van der Waals surface area contributed by atoms with Gasteiger partial charge in [-0.1, -0.05) is 35.3 Å². The summed E-state index contributed by atoms with van der Waals surface area (Å²) in [5.74, 6) is 0.779. The lowest BCUT2D eigenvalue weighted by Crippen LogP contribution is -1.95. The largest absolute Gasteiger partial charge is 0.489 e. The zero-order chi connectivity index (χ0) is 14.7. The van der Waals surface area contributed by atoms with Crippen LogP contribution in [0.4, 0.5) is 0 Å². The molecule has 1 heterocycles. The predicted molar refractivity (Wildman–Crippen MR) is 86.2 cm³/mol. The number of aromatic amines is 1. The van der Waals surface area contributed by atoms with E-state index in [1.54, 1.807) is 6.07 Å². The Hall–Kier alpha value is -2.04. The Kier molecular flexibility index (Phi) is 4.08. The van der Waals surface area contributed by atoms with Crippen LogP contribution in [0, 0.1) is 0 Å². The van der Waals surface area contributed by atoms with Crippen LogP contribution in [0.5, 0.6) is 5.75 Å². The lowest BCUT2D eigenvalue weighted by Gasteiger charge is -2.07. The molecule has 0 aliphatic carbocycles. The van der Waals surface area contributed by atoms with E-state index in [0.717, 1.165) is 21.8 Å². The molecular weight excluding hydrogens is 306 g/mol. The highest BCUT2D eigenvalue weighted by atomic mass is 35.5. The Bertz CT molecular complexity index is 792. The fraction of sp³-hybridized carbons (Fsp3) is 0.0625. The second-order valence-electron chi connectivity index (χ2n) is 4.52. The van der Waals surface area contributed by atoms with Crippen molar-refractivity contribution in [2.24, 2.45) is 0 Å². The van der Waals surface area contributed by atoms with Gasteiger partial charge in [-0.05, 0) is 47.5 Å². The summed E-state index contributed by atoms with van der Waals surface area (Å²) in [6.45, 7) is 0.470.